The quantitative estimate of drug-likeness (QED) is 0.466. The van der Waals surface area contributed by atoms with Gasteiger partial charge in [-0.15, -0.1) is 5.10 Å². The molecule has 0 unspecified atom stereocenters. The van der Waals surface area contributed by atoms with Crippen molar-refractivity contribution in [1.82, 2.24) is 14.8 Å². The van der Waals surface area contributed by atoms with E-state index in [1.165, 1.54) is 11.1 Å². The lowest BCUT2D eigenvalue weighted by atomic mass is 9.73. The Morgan fingerprint density at radius 3 is 2.66 bits per heavy atom. The molecule has 2 aliphatic rings. The predicted molar refractivity (Wildman–Crippen MR) is 129 cm³/mol. The number of carbonyl (C=O) groups is 1. The van der Waals surface area contributed by atoms with E-state index >= 15 is 0 Å². The maximum Gasteiger partial charge on any atom is 0.227 e. The third kappa shape index (κ3) is 3.97. The molecule has 0 saturated heterocycles. The molecular formula is C25H25ClN4OS. The van der Waals surface area contributed by atoms with Gasteiger partial charge in [-0.2, -0.15) is 4.98 Å². The Balaban J connectivity index is 1.53. The summed E-state index contributed by atoms with van der Waals surface area (Å²) in [5.41, 5.74) is 5.17. The molecule has 164 valence electrons. The van der Waals surface area contributed by atoms with Crippen LogP contribution in [-0.2, 0) is 10.5 Å². The van der Waals surface area contributed by atoms with E-state index < -0.39 is 0 Å². The van der Waals surface area contributed by atoms with Crippen LogP contribution in [-0.4, -0.2) is 20.5 Å². The van der Waals surface area contributed by atoms with Gasteiger partial charge in [0.05, 0.1) is 0 Å². The standard InChI is InChI=1S/C25H25ClN4OS/c1-15-6-4-5-7-17(15)14-32-24-28-23-27-19-12-25(2,3)13-20(31)21(19)22(30(23)29-24)16-8-10-18(26)11-9-16/h4-11,22H,12-14H2,1-3H3,(H,27,28,29)/t22-/m1/s1. The number of fused-ring (bicyclic) bond motifs is 1. The summed E-state index contributed by atoms with van der Waals surface area (Å²) in [6.45, 7) is 6.39. The van der Waals surface area contributed by atoms with Crippen molar-refractivity contribution < 1.29 is 4.79 Å². The smallest absolute Gasteiger partial charge is 0.227 e. The van der Waals surface area contributed by atoms with Crippen LogP contribution in [0.4, 0.5) is 5.95 Å². The van der Waals surface area contributed by atoms with Crippen LogP contribution in [0.5, 0.6) is 0 Å². The number of anilines is 1. The van der Waals surface area contributed by atoms with Crippen molar-refractivity contribution in [3.8, 4) is 0 Å². The van der Waals surface area contributed by atoms with Gasteiger partial charge < -0.3 is 5.32 Å². The zero-order valence-corrected chi connectivity index (χ0v) is 19.9. The van der Waals surface area contributed by atoms with Gasteiger partial charge in [0.15, 0.2) is 5.78 Å². The van der Waals surface area contributed by atoms with Gasteiger partial charge in [-0.3, -0.25) is 4.79 Å². The number of hydrogen-bond acceptors (Lipinski definition) is 5. The fourth-order valence-electron chi connectivity index (χ4n) is 4.52. The molecular weight excluding hydrogens is 440 g/mol. The van der Waals surface area contributed by atoms with Crippen molar-refractivity contribution in [3.63, 3.8) is 0 Å². The first kappa shape index (κ1) is 21.3. The minimum absolute atomic E-state index is 0.0852. The van der Waals surface area contributed by atoms with Gasteiger partial charge in [0.1, 0.15) is 6.04 Å². The molecule has 7 heteroatoms. The van der Waals surface area contributed by atoms with Gasteiger partial charge in [0, 0.05) is 28.5 Å². The zero-order valence-electron chi connectivity index (χ0n) is 18.4. The molecule has 0 bridgehead atoms. The number of thioether (sulfide) groups is 1. The van der Waals surface area contributed by atoms with Crippen LogP contribution in [0.1, 0.15) is 49.4 Å². The highest BCUT2D eigenvalue weighted by Gasteiger charge is 2.41. The van der Waals surface area contributed by atoms with Crippen molar-refractivity contribution in [1.29, 1.82) is 0 Å². The Bertz CT molecular complexity index is 1230. The molecule has 1 N–H and O–H groups in total. The van der Waals surface area contributed by atoms with Crippen molar-refractivity contribution in [2.45, 2.75) is 50.6 Å². The summed E-state index contributed by atoms with van der Waals surface area (Å²) in [5.74, 6) is 1.64. The van der Waals surface area contributed by atoms with Crippen LogP contribution in [0, 0.1) is 12.3 Å². The third-order valence-corrected chi connectivity index (χ3v) is 7.25. The number of ketones is 1. The first-order valence-electron chi connectivity index (χ1n) is 10.7. The molecule has 1 aromatic heterocycles. The van der Waals surface area contributed by atoms with Crippen molar-refractivity contribution in [2.24, 2.45) is 5.41 Å². The van der Waals surface area contributed by atoms with Gasteiger partial charge in [-0.1, -0.05) is 73.6 Å². The topological polar surface area (TPSA) is 59.8 Å². The lowest BCUT2D eigenvalue weighted by molar-refractivity contribution is -0.118. The van der Waals surface area contributed by atoms with Crippen molar-refractivity contribution in [2.75, 3.05) is 5.32 Å². The van der Waals surface area contributed by atoms with E-state index in [2.05, 4.69) is 44.3 Å². The summed E-state index contributed by atoms with van der Waals surface area (Å²) >= 11 is 7.75. The fraction of sp³-hybridized carbons (Fsp3) is 0.320. The zero-order chi connectivity index (χ0) is 22.5. The summed E-state index contributed by atoms with van der Waals surface area (Å²) in [5, 5.41) is 9.62. The number of nitrogens with one attached hydrogen (secondary N) is 1. The van der Waals surface area contributed by atoms with Gasteiger partial charge in [0.25, 0.3) is 0 Å². The van der Waals surface area contributed by atoms with E-state index in [4.69, 9.17) is 21.7 Å². The molecule has 0 radical (unpaired) electrons. The monoisotopic (exact) mass is 464 g/mol. The number of allylic oxidation sites excluding steroid dienone is 2. The maximum absolute atomic E-state index is 13.3. The second-order valence-electron chi connectivity index (χ2n) is 9.29. The van der Waals surface area contributed by atoms with Gasteiger partial charge in [-0.25, -0.2) is 4.68 Å². The maximum atomic E-state index is 13.3. The van der Waals surface area contributed by atoms with Crippen LogP contribution in [0.2, 0.25) is 5.02 Å². The number of benzene rings is 2. The first-order valence-corrected chi connectivity index (χ1v) is 12.1. The summed E-state index contributed by atoms with van der Waals surface area (Å²) in [7, 11) is 0. The number of rotatable bonds is 4. The number of aromatic nitrogens is 3. The Morgan fingerprint density at radius 2 is 1.91 bits per heavy atom. The highest BCUT2D eigenvalue weighted by atomic mass is 35.5. The lowest BCUT2D eigenvalue weighted by Crippen LogP contribution is -2.36. The van der Waals surface area contributed by atoms with E-state index in [-0.39, 0.29) is 17.2 Å². The fourth-order valence-corrected chi connectivity index (χ4v) is 5.55. The molecule has 0 fully saturated rings. The Labute approximate surface area is 197 Å². The van der Waals surface area contributed by atoms with Crippen LogP contribution >= 0.6 is 23.4 Å². The van der Waals surface area contributed by atoms with Gasteiger partial charge in [-0.05, 0) is 47.6 Å². The number of nitrogens with zero attached hydrogens (tertiary/aromatic N) is 3. The summed E-state index contributed by atoms with van der Waals surface area (Å²) in [4.78, 5) is 18.1. The molecule has 5 nitrogen and oxygen atoms in total. The number of hydrogen-bond donors (Lipinski definition) is 1. The minimum atomic E-state index is -0.303. The Hall–Kier alpha value is -2.57. The molecule has 1 aliphatic heterocycles. The second kappa shape index (κ2) is 8.09. The molecule has 5 rings (SSSR count). The SMILES string of the molecule is Cc1ccccc1CSc1nc2n(n1)[C@H](c1ccc(Cl)cc1)C1=C(CC(C)(C)CC1=O)N2. The number of carbonyl (C=O) groups excluding carboxylic acids is 1. The normalized spacial score (nSPS) is 19.4. The van der Waals surface area contributed by atoms with E-state index in [0.717, 1.165) is 29.0 Å². The molecule has 0 saturated carbocycles. The second-order valence-corrected chi connectivity index (χ2v) is 10.7. The Morgan fingerprint density at radius 1 is 1.16 bits per heavy atom. The molecule has 1 aliphatic carbocycles. The van der Waals surface area contributed by atoms with Crippen molar-refractivity contribution in [3.05, 3.63) is 81.5 Å². The third-order valence-electron chi connectivity index (χ3n) is 6.12. The average Bonchev–Trinajstić information content (AvgIpc) is 3.14. The summed E-state index contributed by atoms with van der Waals surface area (Å²) in [6.07, 6.45) is 1.33. The number of halogens is 1. The molecule has 2 aromatic carbocycles. The molecule has 1 atom stereocenters. The van der Waals surface area contributed by atoms with Crippen LogP contribution in [0.25, 0.3) is 0 Å². The van der Waals surface area contributed by atoms with Crippen LogP contribution in [0.15, 0.2) is 65.0 Å². The van der Waals surface area contributed by atoms with E-state index in [0.29, 0.717) is 22.5 Å². The summed E-state index contributed by atoms with van der Waals surface area (Å²) < 4.78 is 1.86. The van der Waals surface area contributed by atoms with Gasteiger partial charge in [0.2, 0.25) is 11.1 Å². The van der Waals surface area contributed by atoms with Crippen LogP contribution in [0.3, 0.4) is 0 Å². The van der Waals surface area contributed by atoms with E-state index in [9.17, 15) is 4.79 Å². The summed E-state index contributed by atoms with van der Waals surface area (Å²) in [6, 6.07) is 15.7. The molecule has 2 heterocycles. The van der Waals surface area contributed by atoms with E-state index in [1.807, 2.05) is 35.0 Å². The Kier molecular flexibility index (Phi) is 5.38. The molecule has 0 amide bonds. The van der Waals surface area contributed by atoms with Crippen LogP contribution < -0.4 is 5.32 Å². The first-order chi connectivity index (χ1) is 15.3. The molecule has 32 heavy (non-hydrogen) atoms. The predicted octanol–water partition coefficient (Wildman–Crippen LogP) is 6.19. The van der Waals surface area contributed by atoms with E-state index in [1.54, 1.807) is 11.8 Å². The average molecular weight is 465 g/mol. The minimum Gasteiger partial charge on any atom is -0.328 e. The largest absolute Gasteiger partial charge is 0.328 e. The highest BCUT2D eigenvalue weighted by molar-refractivity contribution is 7.98. The van der Waals surface area contributed by atoms with Gasteiger partial charge >= 0.3 is 0 Å². The number of aryl methyl sites for hydroxylation is 1. The lowest BCUT2D eigenvalue weighted by Gasteiger charge is -2.38. The van der Waals surface area contributed by atoms with Crippen molar-refractivity contribution >= 4 is 35.1 Å². The molecule has 3 aromatic rings. The number of Topliss-reactive ketones (excluding diaryl/α,β-unsaturated/α-hetero) is 1. The highest BCUT2D eigenvalue weighted by Crippen LogP contribution is 2.45. The molecule has 0 spiro atoms.